The smallest absolute Gasteiger partial charge is 0.253 e. The van der Waals surface area contributed by atoms with Gasteiger partial charge in [0, 0.05) is 48.3 Å². The van der Waals surface area contributed by atoms with Crippen LogP contribution in [0.4, 0.5) is 5.69 Å². The van der Waals surface area contributed by atoms with Crippen molar-refractivity contribution >= 4 is 33.9 Å². The summed E-state index contributed by atoms with van der Waals surface area (Å²) in [5.74, 6) is 0. The van der Waals surface area contributed by atoms with Gasteiger partial charge in [0.1, 0.15) is 0 Å². The molecule has 4 rings (SSSR count). The molecule has 0 radical (unpaired) electrons. The Hall–Kier alpha value is -2.74. The Morgan fingerprint density at radius 3 is 2.67 bits per heavy atom. The topological polar surface area (TPSA) is 60.6 Å². The fourth-order valence-corrected chi connectivity index (χ4v) is 4.60. The maximum Gasteiger partial charge on any atom is 0.253 e. The van der Waals surface area contributed by atoms with Gasteiger partial charge in [0.15, 0.2) is 5.11 Å². The number of fused-ring (bicyclic) bond motifs is 1. The zero-order valence-electron chi connectivity index (χ0n) is 19.4. The summed E-state index contributed by atoms with van der Waals surface area (Å²) in [5, 5.41) is 5.04. The van der Waals surface area contributed by atoms with Crippen LogP contribution >= 0.6 is 12.2 Å². The van der Waals surface area contributed by atoms with E-state index in [-0.39, 0.29) is 5.56 Å². The largest absolute Gasteiger partial charge is 0.379 e. The van der Waals surface area contributed by atoms with Crippen molar-refractivity contribution in [1.29, 1.82) is 0 Å². The fourth-order valence-electron chi connectivity index (χ4n) is 4.33. The van der Waals surface area contributed by atoms with Crippen molar-refractivity contribution in [1.82, 2.24) is 14.8 Å². The van der Waals surface area contributed by atoms with Crippen molar-refractivity contribution in [2.45, 2.75) is 26.8 Å². The number of hydrogen-bond acceptors (Lipinski definition) is 4. The average Bonchev–Trinajstić information content (AvgIpc) is 2.80. The number of benzene rings is 2. The Morgan fingerprint density at radius 2 is 1.91 bits per heavy atom. The first-order valence-corrected chi connectivity index (χ1v) is 11.9. The van der Waals surface area contributed by atoms with E-state index in [4.69, 9.17) is 17.0 Å². The van der Waals surface area contributed by atoms with E-state index in [0.717, 1.165) is 79.1 Å². The van der Waals surface area contributed by atoms with Crippen LogP contribution < -0.4 is 10.9 Å². The van der Waals surface area contributed by atoms with E-state index in [1.54, 1.807) is 0 Å². The number of aryl methyl sites for hydroxylation is 2. The fraction of sp³-hybridized carbons (Fsp3) is 0.385. The van der Waals surface area contributed by atoms with Gasteiger partial charge in [-0.2, -0.15) is 0 Å². The maximum atomic E-state index is 12.9. The number of anilines is 1. The third-order valence-corrected chi connectivity index (χ3v) is 6.43. The van der Waals surface area contributed by atoms with E-state index in [1.165, 1.54) is 0 Å². The molecule has 2 aromatic carbocycles. The second-order valence-electron chi connectivity index (χ2n) is 8.69. The number of aromatic amines is 1. The second-order valence-corrected chi connectivity index (χ2v) is 9.08. The zero-order valence-corrected chi connectivity index (χ0v) is 20.2. The summed E-state index contributed by atoms with van der Waals surface area (Å²) in [6, 6.07) is 16.1. The summed E-state index contributed by atoms with van der Waals surface area (Å²) < 4.78 is 5.45. The summed E-state index contributed by atoms with van der Waals surface area (Å²) in [4.78, 5) is 20.5. The van der Waals surface area contributed by atoms with Crippen LogP contribution in [-0.2, 0) is 11.3 Å². The van der Waals surface area contributed by atoms with Gasteiger partial charge in [-0.3, -0.25) is 9.69 Å². The summed E-state index contributed by atoms with van der Waals surface area (Å²) >= 11 is 5.78. The number of hydrogen-bond donors (Lipinski definition) is 2. The highest BCUT2D eigenvalue weighted by atomic mass is 32.1. The molecule has 0 saturated carbocycles. The van der Waals surface area contributed by atoms with E-state index in [2.05, 4.69) is 33.1 Å². The molecule has 174 valence electrons. The second kappa shape index (κ2) is 10.9. The third-order valence-electron chi connectivity index (χ3n) is 6.07. The van der Waals surface area contributed by atoms with Crippen molar-refractivity contribution in [3.8, 4) is 0 Å². The molecule has 1 aliphatic rings. The van der Waals surface area contributed by atoms with Crippen molar-refractivity contribution in [3.05, 3.63) is 75.6 Å². The number of nitrogens with one attached hydrogen (secondary N) is 2. The SMILES string of the molecule is Cc1cc(C)c2cc(CN(CCCN3CCOCC3)C(=S)Nc3ccccc3)c(=O)[nH]c2c1. The Morgan fingerprint density at radius 1 is 1.15 bits per heavy atom. The number of nitrogens with zero attached hydrogens (tertiary/aromatic N) is 2. The summed E-state index contributed by atoms with van der Waals surface area (Å²) in [5.41, 5.74) is 4.78. The minimum Gasteiger partial charge on any atom is -0.379 e. The molecule has 0 aliphatic carbocycles. The molecule has 3 aromatic rings. The minimum absolute atomic E-state index is 0.0619. The highest BCUT2D eigenvalue weighted by Crippen LogP contribution is 2.19. The summed E-state index contributed by atoms with van der Waals surface area (Å²) in [6.45, 7) is 9.86. The first kappa shape index (κ1) is 23.4. The van der Waals surface area contributed by atoms with Crippen LogP contribution in [0.2, 0.25) is 0 Å². The zero-order chi connectivity index (χ0) is 23.2. The number of rotatable bonds is 7. The lowest BCUT2D eigenvalue weighted by Gasteiger charge is -2.29. The molecule has 1 saturated heterocycles. The van der Waals surface area contributed by atoms with Gasteiger partial charge in [-0.15, -0.1) is 0 Å². The molecule has 0 unspecified atom stereocenters. The van der Waals surface area contributed by atoms with Gasteiger partial charge in [0.2, 0.25) is 0 Å². The van der Waals surface area contributed by atoms with Crippen LogP contribution in [0.5, 0.6) is 0 Å². The molecular formula is C26H32N4O2S. The summed E-state index contributed by atoms with van der Waals surface area (Å²) in [7, 11) is 0. The Labute approximate surface area is 200 Å². The van der Waals surface area contributed by atoms with Crippen LogP contribution in [0.3, 0.4) is 0 Å². The normalized spacial score (nSPS) is 14.4. The molecule has 7 heteroatoms. The minimum atomic E-state index is -0.0619. The Kier molecular flexibility index (Phi) is 7.75. The standard InChI is InChI=1S/C26H32N4O2S/c1-19-15-20(2)23-17-21(25(31)28-24(23)16-19)18-30(10-6-9-29-11-13-32-14-12-29)26(33)27-22-7-4-3-5-8-22/h3-5,7-8,15-17H,6,9-14,18H2,1-2H3,(H,27,33)(H,28,31). The predicted octanol–water partition coefficient (Wildman–Crippen LogP) is 4.07. The van der Waals surface area contributed by atoms with Gasteiger partial charge in [0.05, 0.1) is 19.8 Å². The van der Waals surface area contributed by atoms with Crippen LogP contribution in [0.1, 0.15) is 23.1 Å². The molecule has 1 fully saturated rings. The van der Waals surface area contributed by atoms with E-state index in [9.17, 15) is 4.79 Å². The molecule has 1 aliphatic heterocycles. The quantitative estimate of drug-likeness (QED) is 0.514. The Bertz CT molecular complexity index is 1160. The van der Waals surface area contributed by atoms with Gasteiger partial charge in [0.25, 0.3) is 5.56 Å². The number of morpholine rings is 1. The van der Waals surface area contributed by atoms with Crippen LogP contribution in [-0.4, -0.2) is 59.3 Å². The number of pyridine rings is 1. The van der Waals surface area contributed by atoms with Crippen molar-refractivity contribution in [2.75, 3.05) is 44.7 Å². The number of aromatic nitrogens is 1. The first-order valence-electron chi connectivity index (χ1n) is 11.5. The van der Waals surface area contributed by atoms with E-state index < -0.39 is 0 Å². The lowest BCUT2D eigenvalue weighted by atomic mass is 10.0. The molecule has 6 nitrogen and oxygen atoms in total. The predicted molar refractivity (Wildman–Crippen MR) is 139 cm³/mol. The van der Waals surface area contributed by atoms with Crippen molar-refractivity contribution in [3.63, 3.8) is 0 Å². The molecule has 33 heavy (non-hydrogen) atoms. The van der Waals surface area contributed by atoms with Gasteiger partial charge in [-0.05, 0) is 67.9 Å². The lowest BCUT2D eigenvalue weighted by Crippen LogP contribution is -2.40. The molecule has 0 spiro atoms. The molecule has 2 N–H and O–H groups in total. The van der Waals surface area contributed by atoms with Crippen LogP contribution in [0.25, 0.3) is 10.9 Å². The van der Waals surface area contributed by atoms with Gasteiger partial charge >= 0.3 is 0 Å². The first-order chi connectivity index (χ1) is 16.0. The molecule has 0 amide bonds. The van der Waals surface area contributed by atoms with E-state index in [1.807, 2.05) is 49.4 Å². The van der Waals surface area contributed by atoms with E-state index >= 15 is 0 Å². The number of thiocarbonyl (C=S) groups is 1. The number of ether oxygens (including phenoxy) is 1. The maximum absolute atomic E-state index is 12.9. The molecule has 0 atom stereocenters. The molecule has 1 aromatic heterocycles. The van der Waals surface area contributed by atoms with Crippen molar-refractivity contribution < 1.29 is 4.74 Å². The van der Waals surface area contributed by atoms with Crippen LogP contribution in [0.15, 0.2) is 53.3 Å². The van der Waals surface area contributed by atoms with Crippen molar-refractivity contribution in [2.24, 2.45) is 0 Å². The highest BCUT2D eigenvalue weighted by Gasteiger charge is 2.16. The van der Waals surface area contributed by atoms with Gasteiger partial charge in [-0.25, -0.2) is 0 Å². The summed E-state index contributed by atoms with van der Waals surface area (Å²) in [6.07, 6.45) is 0.959. The average molecular weight is 465 g/mol. The monoisotopic (exact) mass is 464 g/mol. The molecule has 0 bridgehead atoms. The molecule has 2 heterocycles. The highest BCUT2D eigenvalue weighted by molar-refractivity contribution is 7.80. The Balaban J connectivity index is 1.53. The van der Waals surface area contributed by atoms with Crippen LogP contribution in [0, 0.1) is 13.8 Å². The number of para-hydroxylation sites is 1. The van der Waals surface area contributed by atoms with Gasteiger partial charge < -0.3 is 19.9 Å². The van der Waals surface area contributed by atoms with E-state index in [0.29, 0.717) is 11.7 Å². The number of H-pyrrole nitrogens is 1. The van der Waals surface area contributed by atoms with Gasteiger partial charge in [-0.1, -0.05) is 24.3 Å². The molecular weight excluding hydrogens is 432 g/mol. The lowest BCUT2D eigenvalue weighted by molar-refractivity contribution is 0.0367. The third kappa shape index (κ3) is 6.19.